The molecular formula is C25H21F2N3O5S. The van der Waals surface area contributed by atoms with E-state index in [4.69, 9.17) is 4.74 Å². The zero-order valence-electron chi connectivity index (χ0n) is 19.3. The molecule has 186 valence electrons. The second kappa shape index (κ2) is 8.66. The molecule has 5 rings (SSSR count). The molecule has 0 aliphatic carbocycles. The van der Waals surface area contributed by atoms with E-state index in [0.29, 0.717) is 23.3 Å². The minimum absolute atomic E-state index is 0.0326. The highest BCUT2D eigenvalue weighted by Crippen LogP contribution is 2.46. The highest BCUT2D eigenvalue weighted by Gasteiger charge is 2.36. The van der Waals surface area contributed by atoms with Crippen molar-refractivity contribution < 1.29 is 31.5 Å². The normalized spacial score (nSPS) is 18.9. The SMILES string of the molecule is C[C@@H]1COc2c1ccc1c2c(C2C=CC=NC2=O)c(C(=O)NS(C)(=O)=O)n1Cc1cc(F)ccc1F. The van der Waals surface area contributed by atoms with Gasteiger partial charge in [0.25, 0.3) is 11.8 Å². The fourth-order valence-corrected chi connectivity index (χ4v) is 5.16. The van der Waals surface area contributed by atoms with Crippen molar-refractivity contribution in [2.24, 2.45) is 4.99 Å². The lowest BCUT2D eigenvalue weighted by Crippen LogP contribution is -2.32. The zero-order valence-corrected chi connectivity index (χ0v) is 20.1. The number of nitrogens with zero attached hydrogens (tertiary/aromatic N) is 2. The summed E-state index contributed by atoms with van der Waals surface area (Å²) in [5.41, 5.74) is 1.19. The van der Waals surface area contributed by atoms with Gasteiger partial charge in [0.2, 0.25) is 10.0 Å². The van der Waals surface area contributed by atoms with Crippen molar-refractivity contribution in [2.45, 2.75) is 25.3 Å². The summed E-state index contributed by atoms with van der Waals surface area (Å²) in [4.78, 5) is 30.1. The van der Waals surface area contributed by atoms with Gasteiger partial charge in [-0.25, -0.2) is 26.9 Å². The Morgan fingerprint density at radius 3 is 2.75 bits per heavy atom. The van der Waals surface area contributed by atoms with Crippen LogP contribution in [0.4, 0.5) is 8.78 Å². The number of rotatable bonds is 5. The van der Waals surface area contributed by atoms with Gasteiger partial charge in [-0.1, -0.05) is 19.1 Å². The molecule has 2 aliphatic heterocycles. The third kappa shape index (κ3) is 4.09. The number of carbonyl (C=O) groups excluding carboxylic acids is 2. The number of ether oxygens (including phenoxy) is 1. The highest BCUT2D eigenvalue weighted by molar-refractivity contribution is 7.89. The molecule has 0 radical (unpaired) electrons. The van der Waals surface area contributed by atoms with Gasteiger partial charge in [-0.3, -0.25) is 9.59 Å². The second-order valence-electron chi connectivity index (χ2n) is 8.86. The molecular weight excluding hydrogens is 492 g/mol. The maximum atomic E-state index is 14.7. The Morgan fingerprint density at radius 2 is 2.03 bits per heavy atom. The van der Waals surface area contributed by atoms with Crippen molar-refractivity contribution in [1.82, 2.24) is 9.29 Å². The molecule has 0 bridgehead atoms. The number of amides is 2. The first-order valence-corrected chi connectivity index (χ1v) is 13.0. The van der Waals surface area contributed by atoms with Crippen molar-refractivity contribution in [2.75, 3.05) is 12.9 Å². The number of hydrogen-bond donors (Lipinski definition) is 1. The smallest absolute Gasteiger partial charge is 0.281 e. The van der Waals surface area contributed by atoms with Crippen LogP contribution in [-0.2, 0) is 21.4 Å². The van der Waals surface area contributed by atoms with Crippen molar-refractivity contribution in [1.29, 1.82) is 0 Å². The van der Waals surface area contributed by atoms with Crippen molar-refractivity contribution in [3.8, 4) is 5.75 Å². The Balaban J connectivity index is 1.87. The first-order valence-electron chi connectivity index (χ1n) is 11.1. The predicted molar refractivity (Wildman–Crippen MR) is 129 cm³/mol. The monoisotopic (exact) mass is 513 g/mol. The number of aliphatic imine (C=N–C) groups is 1. The largest absolute Gasteiger partial charge is 0.492 e. The molecule has 3 aromatic rings. The number of fused-ring (bicyclic) bond motifs is 3. The number of nitrogens with one attached hydrogen (secondary N) is 1. The number of hydrogen-bond acceptors (Lipinski definition) is 5. The molecule has 8 nitrogen and oxygen atoms in total. The van der Waals surface area contributed by atoms with Gasteiger partial charge in [-0.2, -0.15) is 0 Å². The fraction of sp³-hybridized carbons (Fsp3) is 0.240. The minimum atomic E-state index is -4.01. The van der Waals surface area contributed by atoms with E-state index < -0.39 is 39.4 Å². The Bertz CT molecular complexity index is 1610. The van der Waals surface area contributed by atoms with Crippen LogP contribution in [0.15, 0.2) is 47.5 Å². The van der Waals surface area contributed by atoms with Gasteiger partial charge in [0.1, 0.15) is 23.1 Å². The zero-order chi connectivity index (χ0) is 25.8. The summed E-state index contributed by atoms with van der Waals surface area (Å²) in [5, 5.41) is 0.424. The number of dihydropyridines is 1. The van der Waals surface area contributed by atoms with Gasteiger partial charge in [0.15, 0.2) is 0 Å². The number of benzene rings is 2. The summed E-state index contributed by atoms with van der Waals surface area (Å²) in [5.74, 6) is -3.51. The lowest BCUT2D eigenvalue weighted by atomic mass is 9.91. The van der Waals surface area contributed by atoms with Crippen LogP contribution in [0, 0.1) is 11.6 Å². The van der Waals surface area contributed by atoms with E-state index in [9.17, 15) is 26.8 Å². The lowest BCUT2D eigenvalue weighted by molar-refractivity contribution is -0.118. The summed E-state index contributed by atoms with van der Waals surface area (Å²) < 4.78 is 62.0. The summed E-state index contributed by atoms with van der Waals surface area (Å²) in [6, 6.07) is 6.46. The molecule has 0 saturated carbocycles. The molecule has 0 fully saturated rings. The van der Waals surface area contributed by atoms with Gasteiger partial charge in [0.05, 0.1) is 30.8 Å². The third-order valence-electron chi connectivity index (χ3n) is 6.26. The Labute approximate surface area is 205 Å². The van der Waals surface area contributed by atoms with Crippen LogP contribution in [0.25, 0.3) is 10.9 Å². The number of carbonyl (C=O) groups is 2. The Morgan fingerprint density at radius 1 is 1.25 bits per heavy atom. The van der Waals surface area contributed by atoms with E-state index in [1.807, 2.05) is 17.7 Å². The van der Waals surface area contributed by atoms with E-state index in [-0.39, 0.29) is 29.3 Å². The number of aromatic nitrogens is 1. The molecule has 1 unspecified atom stereocenters. The van der Waals surface area contributed by atoms with Crippen molar-refractivity contribution in [3.63, 3.8) is 0 Å². The van der Waals surface area contributed by atoms with Crippen LogP contribution in [0.2, 0.25) is 0 Å². The summed E-state index contributed by atoms with van der Waals surface area (Å²) in [6.45, 7) is 2.02. The van der Waals surface area contributed by atoms with E-state index in [2.05, 4.69) is 4.99 Å². The van der Waals surface area contributed by atoms with Crippen LogP contribution in [0.3, 0.4) is 0 Å². The summed E-state index contributed by atoms with van der Waals surface area (Å²) >= 11 is 0. The maximum absolute atomic E-state index is 14.7. The lowest BCUT2D eigenvalue weighted by Gasteiger charge is -2.16. The van der Waals surface area contributed by atoms with Crippen molar-refractivity contribution >= 4 is 39.0 Å². The summed E-state index contributed by atoms with van der Waals surface area (Å²) in [6.07, 6.45) is 5.24. The molecule has 1 N–H and O–H groups in total. The van der Waals surface area contributed by atoms with Gasteiger partial charge in [-0.15, -0.1) is 0 Å². The average Bonchev–Trinajstić information content (AvgIpc) is 3.33. The average molecular weight is 514 g/mol. The highest BCUT2D eigenvalue weighted by atomic mass is 32.2. The minimum Gasteiger partial charge on any atom is -0.492 e. The second-order valence-corrected chi connectivity index (χ2v) is 10.6. The molecule has 36 heavy (non-hydrogen) atoms. The molecule has 0 spiro atoms. The molecule has 2 aliphatic rings. The van der Waals surface area contributed by atoms with Crippen LogP contribution >= 0.6 is 0 Å². The van der Waals surface area contributed by atoms with Crippen LogP contribution in [0.5, 0.6) is 5.75 Å². The molecule has 2 aromatic carbocycles. The predicted octanol–water partition coefficient (Wildman–Crippen LogP) is 3.40. The molecule has 3 heterocycles. The van der Waals surface area contributed by atoms with E-state index in [1.54, 1.807) is 18.2 Å². The number of halogens is 2. The number of sulfonamides is 1. The van der Waals surface area contributed by atoms with E-state index in [1.165, 1.54) is 10.8 Å². The molecule has 2 atom stereocenters. The topological polar surface area (TPSA) is 107 Å². The molecule has 0 saturated heterocycles. The van der Waals surface area contributed by atoms with E-state index >= 15 is 0 Å². The standard InChI is InChI=1S/C25H21F2N3O5S/c1-13-12-35-23-16(13)6-8-19-21(23)20(17-4-3-9-28-24(17)31)22(25(32)29-36(2,33)34)30(19)11-14-10-15(26)5-7-18(14)27/h3-10,13,17H,11-12H2,1-2H3,(H,29,32)/t13-,17?/m1/s1. The molecule has 11 heteroatoms. The van der Waals surface area contributed by atoms with Gasteiger partial charge in [0, 0.05) is 34.2 Å². The molecule has 2 amide bonds. The first kappa shape index (κ1) is 23.9. The van der Waals surface area contributed by atoms with Gasteiger partial charge >= 0.3 is 0 Å². The first-order chi connectivity index (χ1) is 17.0. The van der Waals surface area contributed by atoms with Gasteiger partial charge < -0.3 is 9.30 Å². The number of allylic oxidation sites excluding steroid dienone is 1. The summed E-state index contributed by atoms with van der Waals surface area (Å²) in [7, 11) is -4.01. The van der Waals surface area contributed by atoms with E-state index in [0.717, 1.165) is 30.0 Å². The van der Waals surface area contributed by atoms with Crippen LogP contribution in [-0.4, -0.2) is 43.9 Å². The fourth-order valence-electron chi connectivity index (χ4n) is 4.72. The van der Waals surface area contributed by atoms with Crippen molar-refractivity contribution in [3.05, 3.63) is 76.5 Å². The molecule has 1 aromatic heterocycles. The van der Waals surface area contributed by atoms with Gasteiger partial charge in [-0.05, 0) is 30.3 Å². The quantitative estimate of drug-likeness (QED) is 0.563. The van der Waals surface area contributed by atoms with Crippen LogP contribution < -0.4 is 9.46 Å². The Hall–Kier alpha value is -3.86. The van der Waals surface area contributed by atoms with Crippen LogP contribution in [0.1, 0.15) is 45.9 Å². The third-order valence-corrected chi connectivity index (χ3v) is 6.81. The Kier molecular flexibility index (Phi) is 5.74. The maximum Gasteiger partial charge on any atom is 0.281 e.